The van der Waals surface area contributed by atoms with E-state index in [4.69, 9.17) is 9.72 Å². The molecule has 5 rings (SSSR count). The summed E-state index contributed by atoms with van der Waals surface area (Å²) in [5.41, 5.74) is 0.706. The molecule has 11 nitrogen and oxygen atoms in total. The standard InChI is InChI=1S/C26H26N6O5S/c1-3-37-10-9-27-24(34)17-12-31(13-17)19-11-15(2)20-21(33)18(25(35)36)14-32(23(20)28-19)26-29-22(30-38-26)16-7-5-4-6-8-16/h4-8,11,14,17H,3,9-10,12-13H2,1-2H3,(H,27,34)(H,35,36). The number of nitrogens with one attached hydrogen (secondary N) is 1. The smallest absolute Gasteiger partial charge is 0.341 e. The Kier molecular flexibility index (Phi) is 7.16. The van der Waals surface area contributed by atoms with Crippen molar-refractivity contribution in [1.29, 1.82) is 0 Å². The Morgan fingerprint density at radius 3 is 2.68 bits per heavy atom. The van der Waals surface area contributed by atoms with E-state index < -0.39 is 11.4 Å². The third kappa shape index (κ3) is 4.87. The second-order valence-corrected chi connectivity index (χ2v) is 9.63. The monoisotopic (exact) mass is 534 g/mol. The minimum atomic E-state index is -1.33. The number of hydrogen-bond acceptors (Lipinski definition) is 9. The van der Waals surface area contributed by atoms with Crippen LogP contribution in [0.4, 0.5) is 5.82 Å². The molecule has 1 fully saturated rings. The number of pyridine rings is 2. The minimum absolute atomic E-state index is 0.0382. The molecule has 0 radical (unpaired) electrons. The second kappa shape index (κ2) is 10.7. The lowest BCUT2D eigenvalue weighted by Gasteiger charge is -2.39. The highest BCUT2D eigenvalue weighted by molar-refractivity contribution is 7.08. The number of aromatic nitrogens is 4. The Bertz CT molecular complexity index is 1560. The van der Waals surface area contributed by atoms with Crippen LogP contribution in [0, 0.1) is 12.8 Å². The molecule has 0 spiro atoms. The molecule has 0 saturated carbocycles. The zero-order valence-corrected chi connectivity index (χ0v) is 21.7. The first-order valence-electron chi connectivity index (χ1n) is 12.2. The van der Waals surface area contributed by atoms with Gasteiger partial charge in [-0.25, -0.2) is 9.78 Å². The normalized spacial score (nSPS) is 13.5. The van der Waals surface area contributed by atoms with Gasteiger partial charge in [0.1, 0.15) is 11.4 Å². The highest BCUT2D eigenvalue weighted by atomic mass is 32.1. The van der Waals surface area contributed by atoms with Crippen molar-refractivity contribution in [1.82, 2.24) is 24.2 Å². The van der Waals surface area contributed by atoms with Crippen molar-refractivity contribution >= 4 is 40.3 Å². The molecular weight excluding hydrogens is 508 g/mol. The molecule has 0 atom stereocenters. The quantitative estimate of drug-likeness (QED) is 0.310. The second-order valence-electron chi connectivity index (χ2n) is 8.90. The van der Waals surface area contributed by atoms with Crippen molar-refractivity contribution in [2.75, 3.05) is 37.7 Å². The zero-order chi connectivity index (χ0) is 26.8. The van der Waals surface area contributed by atoms with Crippen LogP contribution in [0.2, 0.25) is 0 Å². The van der Waals surface area contributed by atoms with E-state index in [0.717, 1.165) is 17.1 Å². The molecule has 0 aliphatic carbocycles. The molecule has 2 N–H and O–H groups in total. The Morgan fingerprint density at radius 2 is 1.97 bits per heavy atom. The lowest BCUT2D eigenvalue weighted by molar-refractivity contribution is -0.125. The van der Waals surface area contributed by atoms with Gasteiger partial charge >= 0.3 is 5.97 Å². The summed E-state index contributed by atoms with van der Waals surface area (Å²) in [4.78, 5) is 48.7. The van der Waals surface area contributed by atoms with Crippen molar-refractivity contribution in [3.05, 3.63) is 63.9 Å². The average Bonchev–Trinajstić information content (AvgIpc) is 3.36. The number of carbonyl (C=O) groups excluding carboxylic acids is 1. The number of carboxylic acid groups (broad SMARTS) is 1. The first-order valence-corrected chi connectivity index (χ1v) is 12.9. The number of rotatable bonds is 9. The van der Waals surface area contributed by atoms with Crippen LogP contribution in [0.15, 0.2) is 47.4 Å². The molecule has 3 aromatic heterocycles. The van der Waals surface area contributed by atoms with Crippen LogP contribution < -0.4 is 15.6 Å². The highest BCUT2D eigenvalue weighted by Gasteiger charge is 2.34. The Labute approximate surface area is 221 Å². The fourth-order valence-corrected chi connectivity index (χ4v) is 4.99. The first kappa shape index (κ1) is 25.5. The Hall–Kier alpha value is -4.16. The van der Waals surface area contributed by atoms with Crippen LogP contribution in [0.3, 0.4) is 0 Å². The summed E-state index contributed by atoms with van der Waals surface area (Å²) in [6, 6.07) is 11.2. The molecule has 0 bridgehead atoms. The summed E-state index contributed by atoms with van der Waals surface area (Å²) in [6.07, 6.45) is 1.25. The predicted molar refractivity (Wildman–Crippen MR) is 143 cm³/mol. The number of carbonyl (C=O) groups is 2. The summed E-state index contributed by atoms with van der Waals surface area (Å²) in [5, 5.41) is 13.2. The Balaban J connectivity index is 1.49. The molecule has 4 heterocycles. The van der Waals surface area contributed by atoms with Gasteiger partial charge in [-0.15, -0.1) is 0 Å². The number of hydrogen-bond donors (Lipinski definition) is 2. The summed E-state index contributed by atoms with van der Waals surface area (Å²) in [5.74, 6) is -0.463. The van der Waals surface area contributed by atoms with Crippen LogP contribution in [0.5, 0.6) is 0 Å². The summed E-state index contributed by atoms with van der Waals surface area (Å²) >= 11 is 1.08. The minimum Gasteiger partial charge on any atom is -0.477 e. The van der Waals surface area contributed by atoms with Crippen LogP contribution in [-0.2, 0) is 9.53 Å². The maximum absolute atomic E-state index is 13.1. The maximum Gasteiger partial charge on any atom is 0.341 e. The van der Waals surface area contributed by atoms with Crippen LogP contribution >= 0.6 is 11.5 Å². The fourth-order valence-electron chi connectivity index (χ4n) is 4.32. The van der Waals surface area contributed by atoms with Gasteiger partial charge in [0.2, 0.25) is 16.5 Å². The van der Waals surface area contributed by atoms with E-state index in [2.05, 4.69) is 14.7 Å². The molecule has 1 saturated heterocycles. The first-order chi connectivity index (χ1) is 18.4. The summed E-state index contributed by atoms with van der Waals surface area (Å²) in [7, 11) is 0. The maximum atomic E-state index is 13.1. The number of benzene rings is 1. The van der Waals surface area contributed by atoms with Crippen molar-refractivity contribution < 1.29 is 19.4 Å². The highest BCUT2D eigenvalue weighted by Crippen LogP contribution is 2.29. The van der Waals surface area contributed by atoms with E-state index in [1.807, 2.05) is 42.2 Å². The van der Waals surface area contributed by atoms with Crippen molar-refractivity contribution in [3.63, 3.8) is 0 Å². The number of carboxylic acids is 1. The number of anilines is 1. The van der Waals surface area contributed by atoms with Crippen molar-refractivity contribution in [3.8, 4) is 16.5 Å². The molecule has 1 amide bonds. The molecule has 1 aliphatic heterocycles. The van der Waals surface area contributed by atoms with Crippen LogP contribution in [0.1, 0.15) is 22.8 Å². The lowest BCUT2D eigenvalue weighted by Crippen LogP contribution is -2.54. The molecule has 1 aromatic carbocycles. The van der Waals surface area contributed by atoms with Gasteiger partial charge in [-0.2, -0.15) is 9.36 Å². The number of amides is 1. The van der Waals surface area contributed by atoms with E-state index >= 15 is 0 Å². The fraction of sp³-hybridized carbons (Fsp3) is 0.308. The molecule has 38 heavy (non-hydrogen) atoms. The van der Waals surface area contributed by atoms with Gasteiger partial charge in [0, 0.05) is 49.5 Å². The van der Waals surface area contributed by atoms with Crippen LogP contribution in [0.25, 0.3) is 27.6 Å². The summed E-state index contributed by atoms with van der Waals surface area (Å²) < 4.78 is 11.2. The van der Waals surface area contributed by atoms with Crippen molar-refractivity contribution in [2.45, 2.75) is 13.8 Å². The average molecular weight is 535 g/mol. The molecule has 4 aromatic rings. The van der Waals surface area contributed by atoms with Gasteiger partial charge in [-0.05, 0) is 25.5 Å². The molecule has 1 aliphatic rings. The molecule has 12 heteroatoms. The van der Waals surface area contributed by atoms with E-state index in [1.54, 1.807) is 13.0 Å². The van der Waals surface area contributed by atoms with Crippen molar-refractivity contribution in [2.24, 2.45) is 5.92 Å². The van der Waals surface area contributed by atoms with Gasteiger partial charge in [-0.3, -0.25) is 14.2 Å². The van der Waals surface area contributed by atoms with E-state index in [0.29, 0.717) is 55.2 Å². The predicted octanol–water partition coefficient (Wildman–Crippen LogP) is 2.50. The lowest BCUT2D eigenvalue weighted by atomic mass is 9.98. The number of aromatic carboxylic acids is 1. The zero-order valence-electron chi connectivity index (χ0n) is 20.9. The Morgan fingerprint density at radius 1 is 1.21 bits per heavy atom. The van der Waals surface area contributed by atoms with Crippen LogP contribution in [-0.4, -0.2) is 68.7 Å². The van der Waals surface area contributed by atoms with E-state index in [-0.39, 0.29) is 28.4 Å². The molecule has 0 unspecified atom stereocenters. The number of aryl methyl sites for hydroxylation is 1. The SMILES string of the molecule is CCOCCNC(=O)C1CN(c2cc(C)c3c(=O)c(C(=O)O)cn(-c4nc(-c5ccccc5)ns4)c3n2)C1. The van der Waals surface area contributed by atoms with Gasteiger partial charge in [0.25, 0.3) is 0 Å². The molecule has 196 valence electrons. The van der Waals surface area contributed by atoms with E-state index in [9.17, 15) is 19.5 Å². The number of ether oxygens (including phenoxy) is 1. The van der Waals surface area contributed by atoms with Gasteiger partial charge in [0.15, 0.2) is 11.5 Å². The van der Waals surface area contributed by atoms with Gasteiger partial charge < -0.3 is 20.1 Å². The third-order valence-electron chi connectivity index (χ3n) is 6.35. The summed E-state index contributed by atoms with van der Waals surface area (Å²) in [6.45, 7) is 6.14. The molecular formula is C26H26N6O5S. The number of fused-ring (bicyclic) bond motifs is 1. The van der Waals surface area contributed by atoms with Gasteiger partial charge in [-0.1, -0.05) is 30.3 Å². The van der Waals surface area contributed by atoms with E-state index in [1.165, 1.54) is 10.8 Å². The third-order valence-corrected chi connectivity index (χ3v) is 7.07. The number of nitrogens with zero attached hydrogens (tertiary/aromatic N) is 5. The largest absolute Gasteiger partial charge is 0.477 e. The topological polar surface area (TPSA) is 140 Å². The van der Waals surface area contributed by atoms with Gasteiger partial charge in [0.05, 0.1) is 17.9 Å².